The molecule has 3 aromatic rings. The van der Waals surface area contributed by atoms with E-state index in [9.17, 15) is 9.18 Å². The Morgan fingerprint density at radius 3 is 2.66 bits per heavy atom. The third-order valence-corrected chi connectivity index (χ3v) is 6.10. The van der Waals surface area contributed by atoms with Gasteiger partial charge in [-0.05, 0) is 65.4 Å². The van der Waals surface area contributed by atoms with Gasteiger partial charge in [-0.25, -0.2) is 9.07 Å². The first-order valence-corrected chi connectivity index (χ1v) is 9.68. The van der Waals surface area contributed by atoms with E-state index in [4.69, 9.17) is 0 Å². The molecule has 2 aliphatic heterocycles. The van der Waals surface area contributed by atoms with Gasteiger partial charge in [0.25, 0.3) is 5.91 Å². The van der Waals surface area contributed by atoms with Gasteiger partial charge in [0.15, 0.2) is 0 Å². The molecule has 0 bridgehead atoms. The van der Waals surface area contributed by atoms with Crippen molar-refractivity contribution in [1.82, 2.24) is 30.0 Å². The van der Waals surface area contributed by atoms with E-state index in [1.807, 2.05) is 35.2 Å². The number of rotatable bonds is 3. The highest BCUT2D eigenvalue weighted by Gasteiger charge is 2.47. The molecule has 3 heterocycles. The highest BCUT2D eigenvalue weighted by Crippen LogP contribution is 2.44. The first kappa shape index (κ1) is 17.9. The molecule has 8 heteroatoms. The second kappa shape index (κ2) is 7.04. The Labute approximate surface area is 167 Å². The summed E-state index contributed by atoms with van der Waals surface area (Å²) in [5.74, 6) is 0.528. The summed E-state index contributed by atoms with van der Waals surface area (Å²) < 4.78 is 15.3. The molecule has 0 N–H and O–H groups in total. The van der Waals surface area contributed by atoms with Crippen LogP contribution >= 0.6 is 0 Å². The number of likely N-dealkylation sites (tertiary alicyclic amines) is 2. The highest BCUT2D eigenvalue weighted by atomic mass is 19.1. The zero-order valence-corrected chi connectivity index (χ0v) is 16.0. The molecule has 3 atom stereocenters. The average Bonchev–Trinajstić information content (AvgIpc) is 3.44. The molecule has 5 rings (SSSR count). The fourth-order valence-electron chi connectivity index (χ4n) is 4.83. The standard InChI is InChI=1S/C21H21FN6O/c1-26-10-16-11-27(12-19(16)20(26)15-3-2-4-17(22)9-15)21(29)14-5-7-18(8-6-14)28-13-23-24-25-28/h2-9,13,16,19-20H,10-12H2,1H3/t16-,19+,20-/m0/s1. The van der Waals surface area contributed by atoms with Crippen molar-refractivity contribution in [2.45, 2.75) is 6.04 Å². The lowest BCUT2D eigenvalue weighted by Gasteiger charge is -2.27. The molecule has 1 aromatic heterocycles. The summed E-state index contributed by atoms with van der Waals surface area (Å²) in [6.45, 7) is 2.33. The summed E-state index contributed by atoms with van der Waals surface area (Å²) in [4.78, 5) is 17.3. The molecular formula is C21H21FN6O. The number of fused-ring (bicyclic) bond motifs is 1. The van der Waals surface area contributed by atoms with Crippen molar-refractivity contribution in [1.29, 1.82) is 0 Å². The van der Waals surface area contributed by atoms with Gasteiger partial charge in [0, 0.05) is 37.2 Å². The van der Waals surface area contributed by atoms with E-state index >= 15 is 0 Å². The Morgan fingerprint density at radius 2 is 1.93 bits per heavy atom. The van der Waals surface area contributed by atoms with Crippen LogP contribution in [0.25, 0.3) is 5.69 Å². The molecule has 0 saturated carbocycles. The van der Waals surface area contributed by atoms with E-state index in [1.54, 1.807) is 16.8 Å². The van der Waals surface area contributed by atoms with Crippen LogP contribution < -0.4 is 0 Å². The van der Waals surface area contributed by atoms with Crippen LogP contribution in [0.3, 0.4) is 0 Å². The Hall–Kier alpha value is -3.13. The van der Waals surface area contributed by atoms with Crippen molar-refractivity contribution >= 4 is 5.91 Å². The van der Waals surface area contributed by atoms with Crippen LogP contribution in [-0.2, 0) is 0 Å². The van der Waals surface area contributed by atoms with Crippen molar-refractivity contribution in [3.8, 4) is 5.69 Å². The molecule has 2 saturated heterocycles. The van der Waals surface area contributed by atoms with Crippen molar-refractivity contribution in [2.24, 2.45) is 11.8 Å². The number of aromatic nitrogens is 4. The Balaban J connectivity index is 1.33. The monoisotopic (exact) mass is 392 g/mol. The SMILES string of the molecule is CN1C[C@H]2CN(C(=O)c3ccc(-n4cnnn4)cc3)C[C@H]2[C@@H]1c1cccc(F)c1. The summed E-state index contributed by atoms with van der Waals surface area (Å²) in [5.41, 5.74) is 2.44. The third-order valence-electron chi connectivity index (χ3n) is 6.10. The van der Waals surface area contributed by atoms with Crippen LogP contribution in [0.5, 0.6) is 0 Å². The first-order valence-electron chi connectivity index (χ1n) is 9.68. The van der Waals surface area contributed by atoms with E-state index in [1.165, 1.54) is 12.4 Å². The number of hydrogen-bond acceptors (Lipinski definition) is 5. The van der Waals surface area contributed by atoms with Crippen molar-refractivity contribution in [3.05, 3.63) is 71.8 Å². The number of carbonyl (C=O) groups is 1. The van der Waals surface area contributed by atoms with Gasteiger partial charge >= 0.3 is 0 Å². The van der Waals surface area contributed by atoms with Gasteiger partial charge in [0.1, 0.15) is 12.1 Å². The zero-order chi connectivity index (χ0) is 20.0. The molecule has 29 heavy (non-hydrogen) atoms. The van der Waals surface area contributed by atoms with E-state index in [0.29, 0.717) is 23.9 Å². The predicted octanol–water partition coefficient (Wildman–Crippen LogP) is 2.18. The van der Waals surface area contributed by atoms with Crippen molar-refractivity contribution in [2.75, 3.05) is 26.7 Å². The van der Waals surface area contributed by atoms with Crippen LogP contribution in [0.2, 0.25) is 0 Å². The minimum atomic E-state index is -0.215. The summed E-state index contributed by atoms with van der Waals surface area (Å²) in [6.07, 6.45) is 1.52. The largest absolute Gasteiger partial charge is 0.338 e. The number of amides is 1. The number of halogens is 1. The van der Waals surface area contributed by atoms with Gasteiger partial charge in [-0.15, -0.1) is 5.10 Å². The lowest BCUT2D eigenvalue weighted by Crippen LogP contribution is -2.33. The quantitative estimate of drug-likeness (QED) is 0.684. The molecule has 2 aliphatic rings. The van der Waals surface area contributed by atoms with Crippen LogP contribution in [0, 0.1) is 17.7 Å². The average molecular weight is 392 g/mol. The van der Waals surface area contributed by atoms with E-state index < -0.39 is 0 Å². The second-order valence-electron chi connectivity index (χ2n) is 7.87. The van der Waals surface area contributed by atoms with Gasteiger partial charge in [-0.2, -0.15) is 0 Å². The minimum absolute atomic E-state index is 0.0308. The molecule has 0 radical (unpaired) electrons. The van der Waals surface area contributed by atoms with Gasteiger partial charge in [0.2, 0.25) is 0 Å². The maximum Gasteiger partial charge on any atom is 0.253 e. The summed E-state index contributed by atoms with van der Waals surface area (Å²) >= 11 is 0. The van der Waals surface area contributed by atoms with E-state index in [0.717, 1.165) is 24.3 Å². The molecule has 0 aliphatic carbocycles. The predicted molar refractivity (Wildman–Crippen MR) is 104 cm³/mol. The number of carbonyl (C=O) groups excluding carboxylic acids is 1. The second-order valence-corrected chi connectivity index (χ2v) is 7.87. The molecule has 1 amide bonds. The molecule has 2 fully saturated rings. The van der Waals surface area contributed by atoms with Crippen LogP contribution in [0.1, 0.15) is 22.0 Å². The minimum Gasteiger partial charge on any atom is -0.338 e. The molecule has 148 valence electrons. The van der Waals surface area contributed by atoms with E-state index in [-0.39, 0.29) is 17.8 Å². The molecule has 0 spiro atoms. The van der Waals surface area contributed by atoms with Crippen LogP contribution in [0.15, 0.2) is 54.9 Å². The fraction of sp³-hybridized carbons (Fsp3) is 0.333. The fourth-order valence-corrected chi connectivity index (χ4v) is 4.83. The van der Waals surface area contributed by atoms with Gasteiger partial charge in [0.05, 0.1) is 5.69 Å². The Bertz CT molecular complexity index is 1020. The smallest absolute Gasteiger partial charge is 0.253 e. The van der Waals surface area contributed by atoms with Gasteiger partial charge < -0.3 is 4.90 Å². The van der Waals surface area contributed by atoms with Crippen LogP contribution in [0.4, 0.5) is 4.39 Å². The number of hydrogen-bond donors (Lipinski definition) is 0. The zero-order valence-electron chi connectivity index (χ0n) is 16.0. The third kappa shape index (κ3) is 3.19. The maximum absolute atomic E-state index is 13.8. The molecular weight excluding hydrogens is 371 g/mol. The number of tetrazole rings is 1. The van der Waals surface area contributed by atoms with Crippen LogP contribution in [-0.4, -0.2) is 62.6 Å². The molecule has 0 unspecified atom stereocenters. The first-order chi connectivity index (χ1) is 14.1. The maximum atomic E-state index is 13.8. The summed E-state index contributed by atoms with van der Waals surface area (Å²) in [6, 6.07) is 14.3. The number of nitrogens with zero attached hydrogens (tertiary/aromatic N) is 6. The summed E-state index contributed by atoms with van der Waals surface area (Å²) in [7, 11) is 2.08. The lowest BCUT2D eigenvalue weighted by atomic mass is 9.89. The Kier molecular flexibility index (Phi) is 4.35. The number of benzene rings is 2. The van der Waals surface area contributed by atoms with Crippen molar-refractivity contribution in [3.63, 3.8) is 0 Å². The molecule has 2 aromatic carbocycles. The van der Waals surface area contributed by atoms with Gasteiger partial charge in [-0.3, -0.25) is 9.69 Å². The highest BCUT2D eigenvalue weighted by molar-refractivity contribution is 5.94. The Morgan fingerprint density at radius 1 is 1.10 bits per heavy atom. The molecule has 7 nitrogen and oxygen atoms in total. The topological polar surface area (TPSA) is 67.2 Å². The van der Waals surface area contributed by atoms with E-state index in [2.05, 4.69) is 27.5 Å². The lowest BCUT2D eigenvalue weighted by molar-refractivity contribution is 0.0768. The normalized spacial score (nSPS) is 24.1. The van der Waals surface area contributed by atoms with Crippen molar-refractivity contribution < 1.29 is 9.18 Å². The van der Waals surface area contributed by atoms with Gasteiger partial charge in [-0.1, -0.05) is 12.1 Å². The summed E-state index contributed by atoms with van der Waals surface area (Å²) in [5, 5.41) is 11.1.